The molecule has 19 heavy (non-hydrogen) atoms. The van der Waals surface area contributed by atoms with Crippen LogP contribution in [0.3, 0.4) is 0 Å². The molecule has 0 aliphatic carbocycles. The number of halogens is 2. The zero-order valence-electron chi connectivity index (χ0n) is 11.3. The largest absolute Gasteiger partial charge is 0.391 e. The van der Waals surface area contributed by atoms with Crippen LogP contribution in [0.4, 0.5) is 4.39 Å². The molecule has 1 amide bonds. The molecule has 0 aromatic heterocycles. The van der Waals surface area contributed by atoms with Gasteiger partial charge in [-0.1, -0.05) is 32.4 Å². The molecule has 0 fully saturated rings. The number of nitrogens with one attached hydrogen (secondary N) is 1. The maximum atomic E-state index is 13.0. The third-order valence-electron chi connectivity index (χ3n) is 2.53. The Morgan fingerprint density at radius 2 is 2.11 bits per heavy atom. The number of hydrogen-bond acceptors (Lipinski definition) is 2. The molecule has 1 unspecified atom stereocenters. The van der Waals surface area contributed by atoms with Crippen molar-refractivity contribution in [2.24, 2.45) is 5.41 Å². The van der Waals surface area contributed by atoms with Crippen LogP contribution in [0, 0.1) is 11.2 Å². The molecule has 3 nitrogen and oxygen atoms in total. The Hall–Kier alpha value is -1.13. The van der Waals surface area contributed by atoms with Crippen LogP contribution in [-0.4, -0.2) is 23.7 Å². The third-order valence-corrected chi connectivity index (χ3v) is 2.82. The second-order valence-electron chi connectivity index (χ2n) is 5.76. The molecule has 0 radical (unpaired) electrons. The SMILES string of the molecule is CC(C)(C)CC(O)CNC(=O)c1ccc(F)c(Cl)c1. The van der Waals surface area contributed by atoms with Crippen molar-refractivity contribution >= 4 is 17.5 Å². The summed E-state index contributed by atoms with van der Waals surface area (Å²) in [7, 11) is 0. The van der Waals surface area contributed by atoms with E-state index < -0.39 is 11.9 Å². The Labute approximate surface area is 117 Å². The minimum absolute atomic E-state index is 0.0106. The summed E-state index contributed by atoms with van der Waals surface area (Å²) in [5, 5.41) is 12.3. The second-order valence-corrected chi connectivity index (χ2v) is 6.16. The van der Waals surface area contributed by atoms with Gasteiger partial charge in [0, 0.05) is 12.1 Å². The van der Waals surface area contributed by atoms with Crippen LogP contribution in [0.2, 0.25) is 5.02 Å². The van der Waals surface area contributed by atoms with Gasteiger partial charge in [0.25, 0.3) is 5.91 Å². The summed E-state index contributed by atoms with van der Waals surface area (Å²) in [5.74, 6) is -0.944. The zero-order chi connectivity index (χ0) is 14.6. The van der Waals surface area contributed by atoms with E-state index in [4.69, 9.17) is 11.6 Å². The lowest BCUT2D eigenvalue weighted by Gasteiger charge is -2.22. The number of aliphatic hydroxyl groups is 1. The lowest BCUT2D eigenvalue weighted by atomic mass is 9.89. The number of benzene rings is 1. The topological polar surface area (TPSA) is 49.3 Å². The summed E-state index contributed by atoms with van der Waals surface area (Å²) in [5.41, 5.74) is 0.262. The first-order valence-corrected chi connectivity index (χ1v) is 6.48. The molecule has 1 atom stereocenters. The molecule has 0 heterocycles. The Bertz CT molecular complexity index is 457. The van der Waals surface area contributed by atoms with Gasteiger partial charge in [-0.15, -0.1) is 0 Å². The molecular weight excluding hydrogens is 269 g/mol. The molecule has 5 heteroatoms. The monoisotopic (exact) mass is 287 g/mol. The fourth-order valence-electron chi connectivity index (χ4n) is 1.73. The number of rotatable bonds is 4. The summed E-state index contributed by atoms with van der Waals surface area (Å²) in [6.45, 7) is 6.19. The lowest BCUT2D eigenvalue weighted by Crippen LogP contribution is -2.34. The Morgan fingerprint density at radius 1 is 1.47 bits per heavy atom. The number of carbonyl (C=O) groups excluding carboxylic acids is 1. The molecule has 1 aromatic rings. The molecule has 2 N–H and O–H groups in total. The van der Waals surface area contributed by atoms with Crippen LogP contribution in [0.5, 0.6) is 0 Å². The summed E-state index contributed by atoms with van der Waals surface area (Å²) >= 11 is 5.60. The van der Waals surface area contributed by atoms with Crippen LogP contribution in [-0.2, 0) is 0 Å². The van der Waals surface area contributed by atoms with Crippen molar-refractivity contribution < 1.29 is 14.3 Å². The average molecular weight is 288 g/mol. The maximum absolute atomic E-state index is 13.0. The van der Waals surface area contributed by atoms with Gasteiger partial charge >= 0.3 is 0 Å². The van der Waals surface area contributed by atoms with Crippen molar-refractivity contribution in [3.63, 3.8) is 0 Å². The molecular formula is C14H19ClFNO2. The standard InChI is InChI=1S/C14H19ClFNO2/c1-14(2,3)7-10(18)8-17-13(19)9-4-5-12(16)11(15)6-9/h4-6,10,18H,7-8H2,1-3H3,(H,17,19). The van der Waals surface area contributed by atoms with E-state index in [1.807, 2.05) is 20.8 Å². The molecule has 0 aliphatic heterocycles. The smallest absolute Gasteiger partial charge is 0.251 e. The highest BCUT2D eigenvalue weighted by atomic mass is 35.5. The number of aliphatic hydroxyl groups excluding tert-OH is 1. The fraction of sp³-hybridized carbons (Fsp3) is 0.500. The predicted octanol–water partition coefficient (Wildman–Crippen LogP) is 3.01. The quantitative estimate of drug-likeness (QED) is 0.894. The molecule has 1 aromatic carbocycles. The van der Waals surface area contributed by atoms with E-state index in [-0.39, 0.29) is 28.5 Å². The Balaban J connectivity index is 2.53. The van der Waals surface area contributed by atoms with Crippen LogP contribution in [0.1, 0.15) is 37.6 Å². The average Bonchev–Trinajstić information content (AvgIpc) is 2.27. The summed E-state index contributed by atoms with van der Waals surface area (Å²) in [6, 6.07) is 3.76. The van der Waals surface area contributed by atoms with E-state index in [2.05, 4.69) is 5.32 Å². The van der Waals surface area contributed by atoms with E-state index in [9.17, 15) is 14.3 Å². The van der Waals surface area contributed by atoms with Gasteiger partial charge in [0.2, 0.25) is 0 Å². The van der Waals surface area contributed by atoms with E-state index in [1.165, 1.54) is 12.1 Å². The van der Waals surface area contributed by atoms with Gasteiger partial charge in [0.15, 0.2) is 0 Å². The first kappa shape index (κ1) is 15.9. The number of carbonyl (C=O) groups is 1. The van der Waals surface area contributed by atoms with Crippen LogP contribution >= 0.6 is 11.6 Å². The first-order chi connectivity index (χ1) is 8.69. The predicted molar refractivity (Wildman–Crippen MR) is 73.8 cm³/mol. The summed E-state index contributed by atoms with van der Waals surface area (Å²) < 4.78 is 13.0. The van der Waals surface area contributed by atoms with E-state index in [1.54, 1.807) is 0 Å². The van der Waals surface area contributed by atoms with Gasteiger partial charge in [-0.3, -0.25) is 4.79 Å². The van der Waals surface area contributed by atoms with Crippen LogP contribution in [0.15, 0.2) is 18.2 Å². The molecule has 0 saturated heterocycles. The van der Waals surface area contributed by atoms with Gasteiger partial charge in [0.1, 0.15) is 5.82 Å². The van der Waals surface area contributed by atoms with E-state index >= 15 is 0 Å². The molecule has 106 valence electrons. The Kier molecular flexibility index (Phi) is 5.32. The van der Waals surface area contributed by atoms with Gasteiger partial charge in [-0.25, -0.2) is 4.39 Å². The molecule has 1 rings (SSSR count). The second kappa shape index (κ2) is 6.35. The van der Waals surface area contributed by atoms with E-state index in [0.717, 1.165) is 6.07 Å². The van der Waals surface area contributed by atoms with E-state index in [0.29, 0.717) is 6.42 Å². The molecule has 0 saturated carbocycles. The van der Waals surface area contributed by atoms with Crippen molar-refractivity contribution in [2.45, 2.75) is 33.3 Å². The minimum Gasteiger partial charge on any atom is -0.391 e. The lowest BCUT2D eigenvalue weighted by molar-refractivity contribution is 0.0868. The van der Waals surface area contributed by atoms with Crippen molar-refractivity contribution in [1.29, 1.82) is 0 Å². The van der Waals surface area contributed by atoms with Crippen LogP contribution in [0.25, 0.3) is 0 Å². The molecule has 0 bridgehead atoms. The highest BCUT2D eigenvalue weighted by Gasteiger charge is 2.17. The Morgan fingerprint density at radius 3 is 2.63 bits per heavy atom. The molecule has 0 spiro atoms. The summed E-state index contributed by atoms with van der Waals surface area (Å²) in [6.07, 6.45) is -0.0304. The third kappa shape index (κ3) is 5.57. The van der Waals surface area contributed by atoms with Gasteiger partial charge < -0.3 is 10.4 Å². The summed E-state index contributed by atoms with van der Waals surface area (Å²) in [4.78, 5) is 11.8. The molecule has 0 aliphatic rings. The van der Waals surface area contributed by atoms with Crippen molar-refractivity contribution in [3.8, 4) is 0 Å². The highest BCUT2D eigenvalue weighted by molar-refractivity contribution is 6.31. The van der Waals surface area contributed by atoms with Gasteiger partial charge in [-0.2, -0.15) is 0 Å². The number of hydrogen-bond donors (Lipinski definition) is 2. The minimum atomic E-state index is -0.611. The number of amides is 1. The van der Waals surface area contributed by atoms with Gasteiger partial charge in [-0.05, 0) is 30.0 Å². The van der Waals surface area contributed by atoms with Crippen molar-refractivity contribution in [2.75, 3.05) is 6.54 Å². The zero-order valence-corrected chi connectivity index (χ0v) is 12.1. The fourth-order valence-corrected chi connectivity index (χ4v) is 1.91. The van der Waals surface area contributed by atoms with Gasteiger partial charge in [0.05, 0.1) is 11.1 Å². The van der Waals surface area contributed by atoms with Crippen molar-refractivity contribution in [1.82, 2.24) is 5.32 Å². The first-order valence-electron chi connectivity index (χ1n) is 6.10. The highest BCUT2D eigenvalue weighted by Crippen LogP contribution is 2.20. The normalized spacial score (nSPS) is 13.2. The maximum Gasteiger partial charge on any atom is 0.251 e. The van der Waals surface area contributed by atoms with Crippen LogP contribution < -0.4 is 5.32 Å². The van der Waals surface area contributed by atoms with Crippen molar-refractivity contribution in [3.05, 3.63) is 34.6 Å².